The van der Waals surface area contributed by atoms with Gasteiger partial charge in [0.25, 0.3) is 5.56 Å². The van der Waals surface area contributed by atoms with Crippen molar-refractivity contribution in [3.63, 3.8) is 0 Å². The van der Waals surface area contributed by atoms with Gasteiger partial charge in [0.05, 0.1) is 18.8 Å². The van der Waals surface area contributed by atoms with E-state index in [1.54, 1.807) is 44.2 Å². The van der Waals surface area contributed by atoms with E-state index in [-0.39, 0.29) is 18.6 Å². The SMILES string of the molecule is CCCOC(OCCC)C(C)NP(=O)(OC[C@H]1O[C@@H](n2cc(F)c(=O)[nH]c2=O)C[C@@H]1OC(=O)CC)Oc1ccccc1. The maximum absolute atomic E-state index is 14.1. The molecule has 1 aromatic carbocycles. The van der Waals surface area contributed by atoms with E-state index < -0.39 is 68.2 Å². The van der Waals surface area contributed by atoms with Gasteiger partial charge >= 0.3 is 19.4 Å². The summed E-state index contributed by atoms with van der Waals surface area (Å²) in [6.45, 7) is 7.65. The lowest BCUT2D eigenvalue weighted by Gasteiger charge is -2.29. The van der Waals surface area contributed by atoms with E-state index in [9.17, 15) is 23.3 Å². The van der Waals surface area contributed by atoms with E-state index in [2.05, 4.69) is 5.09 Å². The van der Waals surface area contributed by atoms with Crippen molar-refractivity contribution in [1.82, 2.24) is 14.6 Å². The van der Waals surface area contributed by atoms with Gasteiger partial charge in [-0.2, -0.15) is 4.39 Å². The molecule has 0 bridgehead atoms. The number of ether oxygens (including phenoxy) is 4. The number of nitrogens with one attached hydrogen (secondary N) is 2. The molecule has 5 atom stereocenters. The Bertz CT molecular complexity index is 1300. The number of hydrogen-bond acceptors (Lipinski definition) is 10. The first-order valence-electron chi connectivity index (χ1n) is 13.9. The summed E-state index contributed by atoms with van der Waals surface area (Å²) >= 11 is 0. The summed E-state index contributed by atoms with van der Waals surface area (Å²) in [6.07, 6.45) is -1.63. The van der Waals surface area contributed by atoms with Gasteiger partial charge in [0.2, 0.25) is 5.82 Å². The molecule has 2 heterocycles. The van der Waals surface area contributed by atoms with Gasteiger partial charge in [0, 0.05) is 26.1 Å². The lowest BCUT2D eigenvalue weighted by molar-refractivity contribution is -0.155. The van der Waals surface area contributed by atoms with Crippen molar-refractivity contribution in [2.45, 2.75) is 84.1 Å². The molecule has 1 aliphatic heterocycles. The van der Waals surface area contributed by atoms with Crippen LogP contribution in [0.25, 0.3) is 0 Å². The number of benzene rings is 1. The van der Waals surface area contributed by atoms with Crippen LogP contribution in [0.15, 0.2) is 46.1 Å². The first-order valence-corrected chi connectivity index (χ1v) is 15.5. The smallest absolute Gasteiger partial charge is 0.459 e. The largest absolute Gasteiger partial charge is 0.459 e. The van der Waals surface area contributed by atoms with E-state index in [1.165, 1.54) is 0 Å². The molecule has 1 aromatic heterocycles. The second kappa shape index (κ2) is 16.1. The highest BCUT2D eigenvalue weighted by molar-refractivity contribution is 7.52. The van der Waals surface area contributed by atoms with Gasteiger partial charge < -0.3 is 23.5 Å². The molecule has 2 aromatic rings. The Labute approximate surface area is 243 Å². The van der Waals surface area contributed by atoms with Gasteiger partial charge in [-0.1, -0.05) is 39.0 Å². The summed E-state index contributed by atoms with van der Waals surface area (Å²) < 4.78 is 63.6. The zero-order valence-corrected chi connectivity index (χ0v) is 25.0. The number of esters is 1. The lowest BCUT2D eigenvalue weighted by atomic mass is 10.2. The van der Waals surface area contributed by atoms with Crippen LogP contribution in [0, 0.1) is 5.82 Å². The number of H-pyrrole nitrogens is 1. The summed E-state index contributed by atoms with van der Waals surface area (Å²) in [5.74, 6) is -1.48. The van der Waals surface area contributed by atoms with Gasteiger partial charge in [0.1, 0.15) is 24.2 Å². The van der Waals surface area contributed by atoms with Crippen molar-refractivity contribution in [2.24, 2.45) is 0 Å². The zero-order valence-electron chi connectivity index (χ0n) is 24.2. The Morgan fingerprint density at radius 3 is 2.45 bits per heavy atom. The maximum Gasteiger partial charge on any atom is 0.459 e. The summed E-state index contributed by atoms with van der Waals surface area (Å²) in [4.78, 5) is 37.9. The van der Waals surface area contributed by atoms with Gasteiger partial charge in [-0.15, -0.1) is 0 Å². The molecule has 2 N–H and O–H groups in total. The van der Waals surface area contributed by atoms with Crippen LogP contribution in [-0.2, 0) is 32.8 Å². The molecule has 13 nitrogen and oxygen atoms in total. The molecule has 1 fully saturated rings. The molecule has 2 unspecified atom stereocenters. The summed E-state index contributed by atoms with van der Waals surface area (Å²) in [5, 5.41) is 2.87. The van der Waals surface area contributed by atoms with E-state index in [1.807, 2.05) is 18.8 Å². The highest BCUT2D eigenvalue weighted by Gasteiger charge is 2.42. The Kier molecular flexibility index (Phi) is 12.9. The number of aromatic amines is 1. The molecule has 0 aliphatic carbocycles. The normalized spacial score (nSPS) is 20.8. The topological polar surface area (TPSA) is 156 Å². The number of carbonyl (C=O) groups excluding carboxylic acids is 1. The van der Waals surface area contributed by atoms with Gasteiger partial charge in [-0.25, -0.2) is 14.4 Å². The Morgan fingerprint density at radius 2 is 1.83 bits per heavy atom. The van der Waals surface area contributed by atoms with Crippen LogP contribution in [0.3, 0.4) is 0 Å². The van der Waals surface area contributed by atoms with E-state index >= 15 is 0 Å². The fraction of sp³-hybridized carbons (Fsp3) is 0.593. The second-order valence-corrected chi connectivity index (χ2v) is 11.3. The number of rotatable bonds is 17. The number of aromatic nitrogens is 2. The summed E-state index contributed by atoms with van der Waals surface area (Å²) in [7, 11) is -4.16. The third-order valence-corrected chi connectivity index (χ3v) is 7.77. The van der Waals surface area contributed by atoms with Crippen LogP contribution < -0.4 is 20.9 Å². The molecule has 0 amide bonds. The minimum atomic E-state index is -4.16. The summed E-state index contributed by atoms with van der Waals surface area (Å²) in [6, 6.07) is 7.73. The number of halogens is 1. The Hall–Kier alpha value is -2.87. The maximum atomic E-state index is 14.1. The zero-order chi connectivity index (χ0) is 30.7. The molecular weight excluding hydrogens is 576 g/mol. The van der Waals surface area contributed by atoms with Crippen LogP contribution in [0.1, 0.15) is 59.6 Å². The van der Waals surface area contributed by atoms with Crippen LogP contribution in [0.2, 0.25) is 0 Å². The molecule has 15 heteroatoms. The molecule has 0 spiro atoms. The van der Waals surface area contributed by atoms with E-state index in [0.717, 1.165) is 17.4 Å². The predicted molar refractivity (Wildman–Crippen MR) is 149 cm³/mol. The quantitative estimate of drug-likeness (QED) is 0.152. The minimum Gasteiger partial charge on any atom is -0.459 e. The molecule has 3 rings (SSSR count). The third-order valence-electron chi connectivity index (χ3n) is 6.11. The number of para-hydroxylation sites is 1. The Morgan fingerprint density at radius 1 is 1.17 bits per heavy atom. The molecule has 234 valence electrons. The molecule has 0 saturated carbocycles. The van der Waals surface area contributed by atoms with Gasteiger partial charge in [-0.05, 0) is 31.9 Å². The average Bonchev–Trinajstić information content (AvgIpc) is 3.36. The third kappa shape index (κ3) is 9.58. The fourth-order valence-electron chi connectivity index (χ4n) is 4.07. The average molecular weight is 616 g/mol. The highest BCUT2D eigenvalue weighted by Crippen LogP contribution is 2.46. The van der Waals surface area contributed by atoms with Crippen LogP contribution in [0.5, 0.6) is 5.75 Å². The van der Waals surface area contributed by atoms with Crippen molar-refractivity contribution in [1.29, 1.82) is 0 Å². The standard InChI is InChI=1S/C27H39FN3O10P/c1-5-13-36-26(37-14-6-2)18(4)30-42(35,41-19-11-9-8-10-12-19)38-17-22-21(40-24(32)7-3)15-23(39-22)31-16-20(28)25(33)29-27(31)34/h8-12,16,18,21-23,26H,5-7,13-15,17H2,1-4H3,(H,30,35)(H,29,33,34)/t18?,21-,22+,23+,42?/m0/s1. The molecule has 0 radical (unpaired) electrons. The predicted octanol–water partition coefficient (Wildman–Crippen LogP) is 3.65. The Balaban J connectivity index is 1.84. The second-order valence-electron chi connectivity index (χ2n) is 9.62. The first kappa shape index (κ1) is 33.6. The van der Waals surface area contributed by atoms with Gasteiger partial charge in [-0.3, -0.25) is 23.7 Å². The van der Waals surface area contributed by atoms with Gasteiger partial charge in [0.15, 0.2) is 6.29 Å². The van der Waals surface area contributed by atoms with Crippen LogP contribution in [0.4, 0.5) is 4.39 Å². The number of nitrogens with zero attached hydrogens (tertiary/aromatic N) is 1. The lowest BCUT2D eigenvalue weighted by Crippen LogP contribution is -2.41. The van der Waals surface area contributed by atoms with Crippen molar-refractivity contribution >= 4 is 13.7 Å². The van der Waals surface area contributed by atoms with E-state index in [4.69, 9.17) is 28.0 Å². The highest BCUT2D eigenvalue weighted by atomic mass is 31.2. The van der Waals surface area contributed by atoms with Crippen molar-refractivity contribution in [2.75, 3.05) is 19.8 Å². The van der Waals surface area contributed by atoms with Crippen LogP contribution in [-0.4, -0.2) is 59.9 Å². The van der Waals surface area contributed by atoms with Crippen LogP contribution >= 0.6 is 7.75 Å². The van der Waals surface area contributed by atoms with Crippen molar-refractivity contribution < 1.29 is 41.7 Å². The molecule has 42 heavy (non-hydrogen) atoms. The summed E-state index contributed by atoms with van der Waals surface area (Å²) in [5.41, 5.74) is -2.08. The molecule has 1 aliphatic rings. The monoisotopic (exact) mass is 615 g/mol. The van der Waals surface area contributed by atoms with E-state index in [0.29, 0.717) is 19.4 Å². The van der Waals surface area contributed by atoms with Crippen molar-refractivity contribution in [3.05, 3.63) is 63.2 Å². The minimum absolute atomic E-state index is 0.0589. The molecule has 1 saturated heterocycles. The first-order chi connectivity index (χ1) is 20.1. The number of hydrogen-bond donors (Lipinski definition) is 2. The molecular formula is C27H39FN3O10P. The fourth-order valence-corrected chi connectivity index (χ4v) is 5.61. The number of carbonyl (C=O) groups is 1. The van der Waals surface area contributed by atoms with Crippen molar-refractivity contribution in [3.8, 4) is 5.75 Å².